The largest absolute Gasteiger partial charge is 0.335 e. The van der Waals surface area contributed by atoms with Gasteiger partial charge in [0, 0.05) is 24.3 Å². The fourth-order valence-electron chi connectivity index (χ4n) is 3.67. The van der Waals surface area contributed by atoms with Gasteiger partial charge in [-0.1, -0.05) is 48.0 Å². The maximum atomic E-state index is 13.0. The van der Waals surface area contributed by atoms with Crippen LogP contribution in [0.4, 0.5) is 5.69 Å². The SMILES string of the molecule is Cc1ccc(S(=O)(=O)N2CCCCC2)cc1NC(=O)CSc1nnc(-c2ccccc2Cl)n1N. The van der Waals surface area contributed by atoms with Crippen LogP contribution in [0.3, 0.4) is 0 Å². The normalized spacial score (nSPS) is 14.8. The highest BCUT2D eigenvalue weighted by molar-refractivity contribution is 7.99. The van der Waals surface area contributed by atoms with E-state index in [0.717, 1.165) is 36.6 Å². The number of anilines is 1. The Hall–Kier alpha value is -2.60. The van der Waals surface area contributed by atoms with E-state index in [1.165, 1.54) is 15.0 Å². The molecule has 0 atom stereocenters. The van der Waals surface area contributed by atoms with Crippen LogP contribution in [0.15, 0.2) is 52.5 Å². The Balaban J connectivity index is 1.44. The van der Waals surface area contributed by atoms with Crippen molar-refractivity contribution in [2.45, 2.75) is 36.2 Å². The molecule has 0 saturated carbocycles. The van der Waals surface area contributed by atoms with E-state index in [1.807, 2.05) is 13.0 Å². The van der Waals surface area contributed by atoms with Gasteiger partial charge in [0.2, 0.25) is 21.1 Å². The van der Waals surface area contributed by atoms with Crippen molar-refractivity contribution in [2.75, 3.05) is 30.0 Å². The number of halogens is 1. The number of nitrogens with zero attached hydrogens (tertiary/aromatic N) is 4. The van der Waals surface area contributed by atoms with Gasteiger partial charge in [0.25, 0.3) is 0 Å². The number of thioether (sulfide) groups is 1. The molecule has 34 heavy (non-hydrogen) atoms. The monoisotopic (exact) mass is 520 g/mol. The van der Waals surface area contributed by atoms with E-state index in [1.54, 1.807) is 30.3 Å². The molecule has 1 saturated heterocycles. The number of benzene rings is 2. The molecule has 180 valence electrons. The minimum atomic E-state index is -3.60. The summed E-state index contributed by atoms with van der Waals surface area (Å²) in [6.07, 6.45) is 2.75. The summed E-state index contributed by atoms with van der Waals surface area (Å²) in [6.45, 7) is 2.85. The van der Waals surface area contributed by atoms with Crippen molar-refractivity contribution in [3.8, 4) is 11.4 Å². The zero-order valence-corrected chi connectivity index (χ0v) is 21.0. The van der Waals surface area contributed by atoms with Crippen molar-refractivity contribution in [1.82, 2.24) is 19.2 Å². The van der Waals surface area contributed by atoms with E-state index in [4.69, 9.17) is 17.4 Å². The lowest BCUT2D eigenvalue weighted by atomic mass is 10.2. The van der Waals surface area contributed by atoms with E-state index in [0.29, 0.717) is 40.3 Å². The van der Waals surface area contributed by atoms with Crippen molar-refractivity contribution >= 4 is 45.0 Å². The molecule has 1 aliphatic rings. The van der Waals surface area contributed by atoms with Crippen LogP contribution >= 0.6 is 23.4 Å². The number of carbonyl (C=O) groups is 1. The average Bonchev–Trinajstić information content (AvgIpc) is 3.20. The second-order valence-electron chi connectivity index (χ2n) is 7.93. The van der Waals surface area contributed by atoms with Crippen LogP contribution in [0.5, 0.6) is 0 Å². The third-order valence-corrected chi connectivity index (χ3v) is 8.71. The number of aromatic nitrogens is 3. The minimum Gasteiger partial charge on any atom is -0.335 e. The van der Waals surface area contributed by atoms with Crippen LogP contribution in [0.2, 0.25) is 5.02 Å². The Labute approximate surface area is 207 Å². The number of nitrogens with two attached hydrogens (primary N) is 1. The van der Waals surface area contributed by atoms with Gasteiger partial charge in [-0.25, -0.2) is 13.1 Å². The molecule has 0 unspecified atom stereocenters. The third-order valence-electron chi connectivity index (χ3n) is 5.55. The number of piperidine rings is 1. The first-order valence-corrected chi connectivity index (χ1v) is 13.6. The summed E-state index contributed by atoms with van der Waals surface area (Å²) in [5, 5.41) is 11.8. The summed E-state index contributed by atoms with van der Waals surface area (Å²) in [4.78, 5) is 12.8. The van der Waals surface area contributed by atoms with Gasteiger partial charge in [-0.05, 0) is 49.6 Å². The number of hydrogen-bond donors (Lipinski definition) is 2. The number of rotatable bonds is 7. The Bertz CT molecular complexity index is 1310. The summed E-state index contributed by atoms with van der Waals surface area (Å²) in [6, 6.07) is 11.9. The topological polar surface area (TPSA) is 123 Å². The molecule has 2 aromatic carbocycles. The zero-order valence-electron chi connectivity index (χ0n) is 18.6. The van der Waals surface area contributed by atoms with E-state index in [2.05, 4.69) is 15.5 Å². The molecule has 0 aliphatic carbocycles. The standard InChI is InChI=1S/C22H25ClN6O3S2/c1-15-9-10-16(34(31,32)28-11-5-2-6-12-28)13-19(15)25-20(30)14-33-22-27-26-21(29(22)24)17-7-3-4-8-18(17)23/h3-4,7-10,13H,2,5-6,11-12,14,24H2,1H3,(H,25,30). The predicted molar refractivity (Wildman–Crippen MR) is 134 cm³/mol. The van der Waals surface area contributed by atoms with Crippen molar-refractivity contribution in [3.05, 3.63) is 53.1 Å². The zero-order chi connectivity index (χ0) is 24.3. The lowest BCUT2D eigenvalue weighted by molar-refractivity contribution is -0.113. The molecule has 3 aromatic rings. The molecule has 3 N–H and O–H groups in total. The van der Waals surface area contributed by atoms with Crippen LogP contribution in [0, 0.1) is 6.92 Å². The Kier molecular flexibility index (Phi) is 7.46. The number of carbonyl (C=O) groups excluding carboxylic acids is 1. The highest BCUT2D eigenvalue weighted by Crippen LogP contribution is 2.28. The highest BCUT2D eigenvalue weighted by atomic mass is 35.5. The molecule has 1 aromatic heterocycles. The number of nitrogen functional groups attached to an aromatic ring is 1. The minimum absolute atomic E-state index is 0.0143. The van der Waals surface area contributed by atoms with Crippen molar-refractivity contribution in [1.29, 1.82) is 0 Å². The number of sulfonamides is 1. The van der Waals surface area contributed by atoms with Gasteiger partial charge < -0.3 is 11.2 Å². The third kappa shape index (κ3) is 5.22. The molecule has 1 amide bonds. The summed E-state index contributed by atoms with van der Waals surface area (Å²) in [7, 11) is -3.60. The molecule has 0 spiro atoms. The van der Waals surface area contributed by atoms with Gasteiger partial charge in [0.05, 0.1) is 15.7 Å². The van der Waals surface area contributed by atoms with Gasteiger partial charge in [-0.15, -0.1) is 10.2 Å². The molecule has 2 heterocycles. The first kappa shape index (κ1) is 24.5. The maximum Gasteiger partial charge on any atom is 0.243 e. The predicted octanol–water partition coefficient (Wildman–Crippen LogP) is 3.53. The van der Waals surface area contributed by atoms with E-state index < -0.39 is 10.0 Å². The molecule has 9 nitrogen and oxygen atoms in total. The summed E-state index contributed by atoms with van der Waals surface area (Å²) in [5.74, 6) is 6.20. The van der Waals surface area contributed by atoms with Gasteiger partial charge >= 0.3 is 0 Å². The molecule has 4 rings (SSSR count). The molecular weight excluding hydrogens is 496 g/mol. The van der Waals surface area contributed by atoms with Gasteiger partial charge in [0.1, 0.15) is 0 Å². The summed E-state index contributed by atoms with van der Waals surface area (Å²) in [5.41, 5.74) is 1.85. The van der Waals surface area contributed by atoms with Crippen LogP contribution in [0.25, 0.3) is 11.4 Å². The summed E-state index contributed by atoms with van der Waals surface area (Å²) < 4.78 is 28.8. The van der Waals surface area contributed by atoms with E-state index in [9.17, 15) is 13.2 Å². The molecule has 1 aliphatic heterocycles. The highest BCUT2D eigenvalue weighted by Gasteiger charge is 2.26. The molecular formula is C22H25ClN6O3S2. The Morgan fingerprint density at radius 3 is 2.62 bits per heavy atom. The molecule has 1 fully saturated rings. The van der Waals surface area contributed by atoms with Crippen LogP contribution in [-0.4, -0.2) is 52.3 Å². The Morgan fingerprint density at radius 2 is 1.88 bits per heavy atom. The van der Waals surface area contributed by atoms with Gasteiger partial charge in [-0.2, -0.15) is 4.31 Å². The second kappa shape index (κ2) is 10.3. The van der Waals surface area contributed by atoms with E-state index >= 15 is 0 Å². The van der Waals surface area contributed by atoms with Crippen LogP contribution in [-0.2, 0) is 14.8 Å². The lowest BCUT2D eigenvalue weighted by Crippen LogP contribution is -2.35. The Morgan fingerprint density at radius 1 is 1.15 bits per heavy atom. The van der Waals surface area contributed by atoms with Crippen molar-refractivity contribution in [2.24, 2.45) is 0 Å². The van der Waals surface area contributed by atoms with Crippen molar-refractivity contribution in [3.63, 3.8) is 0 Å². The molecule has 0 radical (unpaired) electrons. The molecule has 0 bridgehead atoms. The first-order chi connectivity index (χ1) is 16.3. The van der Waals surface area contributed by atoms with E-state index in [-0.39, 0.29) is 16.6 Å². The number of aryl methyl sites for hydroxylation is 1. The lowest BCUT2D eigenvalue weighted by Gasteiger charge is -2.26. The quantitative estimate of drug-likeness (QED) is 0.361. The van der Waals surface area contributed by atoms with Crippen LogP contribution < -0.4 is 11.2 Å². The summed E-state index contributed by atoms with van der Waals surface area (Å²) >= 11 is 7.33. The smallest absolute Gasteiger partial charge is 0.243 e. The first-order valence-electron chi connectivity index (χ1n) is 10.8. The average molecular weight is 521 g/mol. The fourth-order valence-corrected chi connectivity index (χ4v) is 6.09. The van der Waals surface area contributed by atoms with Crippen molar-refractivity contribution < 1.29 is 13.2 Å². The maximum absolute atomic E-state index is 13.0. The number of amides is 1. The fraction of sp³-hybridized carbons (Fsp3) is 0.318. The molecule has 12 heteroatoms. The second-order valence-corrected chi connectivity index (χ2v) is 11.2. The van der Waals surface area contributed by atoms with Gasteiger partial charge in [0.15, 0.2) is 5.82 Å². The van der Waals surface area contributed by atoms with Crippen LogP contribution in [0.1, 0.15) is 24.8 Å². The number of hydrogen-bond acceptors (Lipinski definition) is 7. The van der Waals surface area contributed by atoms with Gasteiger partial charge in [-0.3, -0.25) is 4.79 Å². The number of nitrogens with one attached hydrogen (secondary N) is 1.